The van der Waals surface area contributed by atoms with Gasteiger partial charge in [0.05, 0.1) is 12.2 Å². The zero-order chi connectivity index (χ0) is 26.0. The van der Waals surface area contributed by atoms with Gasteiger partial charge in [0.25, 0.3) is 0 Å². The van der Waals surface area contributed by atoms with Crippen molar-refractivity contribution in [3.8, 4) is 0 Å². The second-order valence-corrected chi connectivity index (χ2v) is 13.6. The van der Waals surface area contributed by atoms with Crippen LogP contribution < -0.4 is 0 Å². The summed E-state index contributed by atoms with van der Waals surface area (Å²) in [5.74, 6) is 5.46. The molecule has 4 aliphatic rings. The molecule has 0 aromatic rings. The van der Waals surface area contributed by atoms with Gasteiger partial charge in [0.2, 0.25) is 0 Å². The van der Waals surface area contributed by atoms with Crippen molar-refractivity contribution in [2.45, 2.75) is 131 Å². The third kappa shape index (κ3) is 6.28. The van der Waals surface area contributed by atoms with Crippen LogP contribution in [0, 0.1) is 46.3 Å². The van der Waals surface area contributed by atoms with Crippen molar-refractivity contribution in [3.63, 3.8) is 0 Å². The van der Waals surface area contributed by atoms with Gasteiger partial charge in [-0.15, -0.1) is 0 Å². The molecule has 0 radical (unpaired) electrons. The number of hydrogen-bond donors (Lipinski definition) is 2. The maximum atomic E-state index is 10.2. The van der Waals surface area contributed by atoms with Crippen LogP contribution in [0.1, 0.15) is 119 Å². The van der Waals surface area contributed by atoms with E-state index in [0.29, 0.717) is 10.8 Å². The van der Waals surface area contributed by atoms with Gasteiger partial charge in [-0.2, -0.15) is 0 Å². The Balaban J connectivity index is 0.000000429. The number of hydrogen-bond acceptors (Lipinski definition) is 3. The lowest BCUT2D eigenvalue weighted by atomic mass is 9.47. The Labute approximate surface area is 215 Å². The number of carboxylic acid groups (broad SMARTS) is 1. The molecule has 2 N–H and O–H groups in total. The van der Waals surface area contributed by atoms with Crippen LogP contribution in [0.25, 0.3) is 0 Å². The van der Waals surface area contributed by atoms with Crippen LogP contribution in [-0.2, 0) is 4.74 Å². The highest BCUT2D eigenvalue weighted by molar-refractivity contribution is 5.56. The molecule has 202 valence electrons. The van der Waals surface area contributed by atoms with Gasteiger partial charge in [-0.05, 0) is 112 Å². The molecule has 3 saturated carbocycles. The van der Waals surface area contributed by atoms with E-state index in [4.69, 9.17) is 5.11 Å². The minimum atomic E-state index is -1.21. The summed E-state index contributed by atoms with van der Waals surface area (Å²) in [6.45, 7) is 15.9. The molecule has 0 saturated heterocycles. The molecule has 0 bridgehead atoms. The lowest BCUT2D eigenvalue weighted by molar-refractivity contribution is -0.0573. The van der Waals surface area contributed by atoms with Gasteiger partial charge in [0.1, 0.15) is 0 Å². The maximum Gasteiger partial charge on any atom is 0.506 e. The minimum Gasteiger partial charge on any atom is -0.450 e. The van der Waals surface area contributed by atoms with Crippen molar-refractivity contribution in [3.05, 3.63) is 11.6 Å². The van der Waals surface area contributed by atoms with Gasteiger partial charge in [-0.3, -0.25) is 0 Å². The van der Waals surface area contributed by atoms with Gasteiger partial charge in [-0.25, -0.2) is 4.79 Å². The van der Waals surface area contributed by atoms with E-state index in [2.05, 4.69) is 45.4 Å². The van der Waals surface area contributed by atoms with Crippen LogP contribution >= 0.6 is 0 Å². The molecule has 1 unspecified atom stereocenters. The van der Waals surface area contributed by atoms with E-state index in [1.807, 2.05) is 0 Å². The molecule has 0 heterocycles. The molecular weight excluding hydrogens is 436 g/mol. The van der Waals surface area contributed by atoms with Crippen molar-refractivity contribution < 1.29 is 19.7 Å². The highest BCUT2D eigenvalue weighted by atomic mass is 16.7. The Kier molecular flexibility index (Phi) is 9.43. The van der Waals surface area contributed by atoms with Crippen LogP contribution in [0.3, 0.4) is 0 Å². The van der Waals surface area contributed by atoms with Gasteiger partial charge < -0.3 is 14.9 Å². The summed E-state index contributed by atoms with van der Waals surface area (Å²) in [7, 11) is 0. The fourth-order valence-electron chi connectivity index (χ4n) is 8.87. The van der Waals surface area contributed by atoms with Crippen molar-refractivity contribution in [2.24, 2.45) is 46.3 Å². The molecule has 0 amide bonds. The van der Waals surface area contributed by atoms with E-state index >= 15 is 0 Å². The summed E-state index contributed by atoms with van der Waals surface area (Å²) in [5.41, 5.74) is 2.60. The molecule has 4 rings (SSSR count). The van der Waals surface area contributed by atoms with Crippen LogP contribution in [-0.4, -0.2) is 28.6 Å². The second-order valence-electron chi connectivity index (χ2n) is 13.6. The first-order valence-electron chi connectivity index (χ1n) is 14.7. The highest BCUT2D eigenvalue weighted by Gasteiger charge is 2.59. The van der Waals surface area contributed by atoms with Gasteiger partial charge >= 0.3 is 6.16 Å². The standard InChI is InChI=1S/C27H46O.C4H8O3/c1-18(2)7-6-8-19(3)23-11-12-24-22-10-9-20-17-21(28)13-15-26(20,4)25(22)14-16-27(23,24)5;1-3(2)7-4(5)6/h9,18-19,21-25,28H,6-8,10-17H2,1-5H3;3H,1-2H3,(H,5,6)/t19?,21-,22-,23+,24-,25-,26-,27+;/m0./s1. The fourth-order valence-corrected chi connectivity index (χ4v) is 8.87. The van der Waals surface area contributed by atoms with Gasteiger partial charge in [0, 0.05) is 0 Å². The van der Waals surface area contributed by atoms with Crippen LogP contribution in [0.2, 0.25) is 0 Å². The van der Waals surface area contributed by atoms with E-state index in [1.54, 1.807) is 19.4 Å². The second kappa shape index (κ2) is 11.6. The summed E-state index contributed by atoms with van der Waals surface area (Å²) in [5, 5.41) is 18.1. The normalized spacial score (nSPS) is 39.0. The monoisotopic (exact) mass is 490 g/mol. The third-order valence-corrected chi connectivity index (χ3v) is 10.6. The summed E-state index contributed by atoms with van der Waals surface area (Å²) in [4.78, 5) is 9.59. The highest BCUT2D eigenvalue weighted by Crippen LogP contribution is 2.67. The summed E-state index contributed by atoms with van der Waals surface area (Å²) < 4.78 is 4.17. The lowest BCUT2D eigenvalue weighted by Gasteiger charge is -2.58. The van der Waals surface area contributed by atoms with E-state index in [9.17, 15) is 9.90 Å². The zero-order valence-electron chi connectivity index (χ0n) is 23.7. The maximum absolute atomic E-state index is 10.2. The van der Waals surface area contributed by atoms with Crippen molar-refractivity contribution in [1.82, 2.24) is 0 Å². The number of fused-ring (bicyclic) bond motifs is 5. The van der Waals surface area contributed by atoms with E-state index in [1.165, 1.54) is 57.8 Å². The number of allylic oxidation sites excluding steroid dienone is 1. The molecule has 4 aliphatic carbocycles. The van der Waals surface area contributed by atoms with Crippen molar-refractivity contribution in [1.29, 1.82) is 0 Å². The Bertz CT molecular complexity index is 742. The first kappa shape index (κ1) is 28.5. The average molecular weight is 491 g/mol. The predicted octanol–water partition coefficient (Wildman–Crippen LogP) is 8.48. The Morgan fingerprint density at radius 3 is 2.34 bits per heavy atom. The van der Waals surface area contributed by atoms with E-state index < -0.39 is 6.16 Å². The molecule has 4 nitrogen and oxygen atoms in total. The summed E-state index contributed by atoms with van der Waals surface area (Å²) in [6.07, 6.45) is 15.7. The first-order chi connectivity index (χ1) is 16.4. The van der Waals surface area contributed by atoms with Crippen molar-refractivity contribution >= 4 is 6.16 Å². The van der Waals surface area contributed by atoms with Gasteiger partial charge in [0.15, 0.2) is 0 Å². The number of ether oxygens (including phenoxy) is 1. The Morgan fingerprint density at radius 2 is 1.74 bits per heavy atom. The number of aliphatic hydroxyl groups excluding tert-OH is 1. The quantitative estimate of drug-likeness (QED) is 0.289. The Hall–Kier alpha value is -1.03. The van der Waals surface area contributed by atoms with Crippen LogP contribution in [0.15, 0.2) is 11.6 Å². The predicted molar refractivity (Wildman–Crippen MR) is 143 cm³/mol. The average Bonchev–Trinajstić information content (AvgIpc) is 3.10. The van der Waals surface area contributed by atoms with E-state index in [-0.39, 0.29) is 12.2 Å². The molecule has 8 atom stereocenters. The Morgan fingerprint density at radius 1 is 1.03 bits per heavy atom. The van der Waals surface area contributed by atoms with Crippen LogP contribution in [0.5, 0.6) is 0 Å². The lowest BCUT2D eigenvalue weighted by Crippen LogP contribution is -2.50. The molecular formula is C31H54O4. The van der Waals surface area contributed by atoms with Crippen molar-refractivity contribution in [2.75, 3.05) is 0 Å². The minimum absolute atomic E-state index is 0.0766. The molecule has 4 heteroatoms. The van der Waals surface area contributed by atoms with E-state index in [0.717, 1.165) is 48.3 Å². The molecule has 0 aromatic carbocycles. The number of carbonyl (C=O) groups is 1. The molecule has 0 aliphatic heterocycles. The number of rotatable bonds is 6. The fraction of sp³-hybridized carbons (Fsp3) is 0.903. The molecule has 0 aromatic heterocycles. The zero-order valence-corrected chi connectivity index (χ0v) is 23.7. The molecule has 35 heavy (non-hydrogen) atoms. The summed E-state index contributed by atoms with van der Waals surface area (Å²) in [6, 6.07) is 0. The van der Waals surface area contributed by atoms with Gasteiger partial charge in [-0.1, -0.05) is 65.5 Å². The number of aliphatic hydroxyl groups is 1. The smallest absolute Gasteiger partial charge is 0.450 e. The summed E-state index contributed by atoms with van der Waals surface area (Å²) >= 11 is 0. The molecule has 0 spiro atoms. The third-order valence-electron chi connectivity index (χ3n) is 10.6. The largest absolute Gasteiger partial charge is 0.506 e. The molecule has 3 fully saturated rings. The SMILES string of the molecule is CC(C)CCCC(C)[C@H]1CC[C@H]2[C@@H]3CC=C4C[C@@H](O)CC[C@]4(C)[C@H]3CC[C@]12C.CC(C)OC(=O)O. The topological polar surface area (TPSA) is 66.8 Å². The van der Waals surface area contributed by atoms with Crippen LogP contribution in [0.4, 0.5) is 4.79 Å². The first-order valence-corrected chi connectivity index (χ1v) is 14.7.